The Morgan fingerprint density at radius 2 is 1.63 bits per heavy atom. The molecule has 0 saturated carbocycles. The number of sulfonamides is 1. The van der Waals surface area contributed by atoms with Crippen LogP contribution in [0.2, 0.25) is 0 Å². The highest BCUT2D eigenvalue weighted by Gasteiger charge is 2.13. The molecule has 0 bridgehead atoms. The van der Waals surface area contributed by atoms with Gasteiger partial charge in [-0.1, -0.05) is 11.8 Å². The van der Waals surface area contributed by atoms with Crippen molar-refractivity contribution >= 4 is 44.9 Å². The number of thioether (sulfide) groups is 1. The average molecular weight is 447 g/mol. The summed E-state index contributed by atoms with van der Waals surface area (Å²) in [4.78, 5) is 23.4. The monoisotopic (exact) mass is 446 g/mol. The van der Waals surface area contributed by atoms with E-state index in [1.807, 2.05) is 0 Å². The zero-order valence-electron chi connectivity index (χ0n) is 16.1. The number of nitrogens with one attached hydrogen (secondary N) is 2. The minimum atomic E-state index is -3.35. The fourth-order valence-corrected chi connectivity index (χ4v) is 3.65. The summed E-state index contributed by atoms with van der Waals surface area (Å²) in [5.74, 6) is 0.0668. The molecular formula is C19H18N4O5S2. The number of nitrogens with zero attached hydrogens (tertiary/aromatic N) is 2. The zero-order chi connectivity index (χ0) is 21.7. The smallest absolute Gasteiger partial charge is 0.277 e. The highest BCUT2D eigenvalue weighted by molar-refractivity contribution is 7.99. The van der Waals surface area contributed by atoms with Crippen molar-refractivity contribution in [1.82, 2.24) is 10.2 Å². The van der Waals surface area contributed by atoms with Crippen molar-refractivity contribution in [3.8, 4) is 11.5 Å². The summed E-state index contributed by atoms with van der Waals surface area (Å²) in [5.41, 5.74) is 2.16. The quantitative estimate of drug-likeness (QED) is 0.399. The lowest BCUT2D eigenvalue weighted by atomic mass is 10.1. The van der Waals surface area contributed by atoms with E-state index in [1.54, 1.807) is 48.5 Å². The van der Waals surface area contributed by atoms with E-state index in [-0.39, 0.29) is 28.6 Å². The molecule has 2 aromatic carbocycles. The Hall–Kier alpha value is -3.18. The van der Waals surface area contributed by atoms with Crippen molar-refractivity contribution in [2.24, 2.45) is 0 Å². The first-order valence-electron chi connectivity index (χ1n) is 8.65. The zero-order valence-corrected chi connectivity index (χ0v) is 17.7. The number of carbonyl (C=O) groups is 2. The molecule has 0 spiro atoms. The molecule has 0 radical (unpaired) electrons. The van der Waals surface area contributed by atoms with Gasteiger partial charge in [0.1, 0.15) is 0 Å². The van der Waals surface area contributed by atoms with Crippen LogP contribution in [-0.2, 0) is 14.8 Å². The minimum absolute atomic E-state index is 0.109. The minimum Gasteiger partial charge on any atom is -0.411 e. The molecule has 0 aliphatic rings. The van der Waals surface area contributed by atoms with Gasteiger partial charge in [0.15, 0.2) is 5.78 Å². The number of hydrogen-bond donors (Lipinski definition) is 2. The number of anilines is 2. The first kappa shape index (κ1) is 21.5. The number of Topliss-reactive ketones (excluding diaryl/α,β-unsaturated/α-hetero) is 1. The number of carbonyl (C=O) groups excluding carboxylic acids is 2. The summed E-state index contributed by atoms with van der Waals surface area (Å²) in [7, 11) is -3.35. The number of benzene rings is 2. The largest absolute Gasteiger partial charge is 0.411 e. The van der Waals surface area contributed by atoms with E-state index in [0.717, 1.165) is 18.0 Å². The fourth-order valence-electron chi connectivity index (χ4n) is 2.43. The van der Waals surface area contributed by atoms with Gasteiger partial charge in [0.05, 0.1) is 12.0 Å². The Balaban J connectivity index is 1.59. The van der Waals surface area contributed by atoms with Crippen LogP contribution in [0.15, 0.2) is 58.2 Å². The average Bonchev–Trinajstić information content (AvgIpc) is 3.14. The van der Waals surface area contributed by atoms with Gasteiger partial charge in [0, 0.05) is 29.4 Å². The molecule has 3 aromatic rings. The van der Waals surface area contributed by atoms with Gasteiger partial charge in [-0.25, -0.2) is 8.42 Å². The highest BCUT2D eigenvalue weighted by Crippen LogP contribution is 2.25. The van der Waals surface area contributed by atoms with Crippen LogP contribution in [0.3, 0.4) is 0 Å². The van der Waals surface area contributed by atoms with E-state index in [2.05, 4.69) is 20.2 Å². The van der Waals surface area contributed by atoms with E-state index in [1.165, 1.54) is 6.92 Å². The molecule has 0 fully saturated rings. The highest BCUT2D eigenvalue weighted by atomic mass is 32.2. The number of ketones is 1. The molecule has 0 saturated heterocycles. The molecule has 0 unspecified atom stereocenters. The van der Waals surface area contributed by atoms with Crippen molar-refractivity contribution < 1.29 is 22.4 Å². The molecule has 30 heavy (non-hydrogen) atoms. The van der Waals surface area contributed by atoms with Gasteiger partial charge in [-0.3, -0.25) is 14.3 Å². The SMILES string of the molecule is CC(=O)Nc1ccc(C(=O)CSc2nnc(-c3ccc(NS(C)(=O)=O)cc3)o2)cc1. The first-order valence-corrected chi connectivity index (χ1v) is 11.5. The Labute approximate surface area is 177 Å². The lowest BCUT2D eigenvalue weighted by molar-refractivity contribution is -0.114. The molecule has 0 atom stereocenters. The molecule has 2 N–H and O–H groups in total. The number of aromatic nitrogens is 2. The van der Waals surface area contributed by atoms with Crippen molar-refractivity contribution in [2.45, 2.75) is 12.1 Å². The molecule has 156 valence electrons. The van der Waals surface area contributed by atoms with E-state index in [0.29, 0.717) is 22.5 Å². The van der Waals surface area contributed by atoms with Gasteiger partial charge in [0.2, 0.25) is 21.8 Å². The molecule has 9 nitrogen and oxygen atoms in total. The van der Waals surface area contributed by atoms with Crippen molar-refractivity contribution in [2.75, 3.05) is 22.0 Å². The Morgan fingerprint density at radius 1 is 1.00 bits per heavy atom. The summed E-state index contributed by atoms with van der Waals surface area (Å²) in [6.45, 7) is 1.41. The van der Waals surface area contributed by atoms with Crippen LogP contribution in [0.1, 0.15) is 17.3 Å². The van der Waals surface area contributed by atoms with Crippen LogP contribution >= 0.6 is 11.8 Å². The summed E-state index contributed by atoms with van der Waals surface area (Å²) in [5, 5.41) is 10.8. The summed E-state index contributed by atoms with van der Waals surface area (Å²) < 4.78 is 30.4. The van der Waals surface area contributed by atoms with Gasteiger partial charge in [-0.15, -0.1) is 10.2 Å². The van der Waals surface area contributed by atoms with Crippen molar-refractivity contribution in [3.63, 3.8) is 0 Å². The molecule has 1 aromatic heterocycles. The topological polar surface area (TPSA) is 131 Å². The molecule has 1 heterocycles. The normalized spacial score (nSPS) is 11.1. The van der Waals surface area contributed by atoms with Crippen LogP contribution < -0.4 is 10.0 Å². The van der Waals surface area contributed by atoms with Gasteiger partial charge >= 0.3 is 0 Å². The molecule has 3 rings (SSSR count). The third-order valence-electron chi connectivity index (χ3n) is 3.70. The predicted octanol–water partition coefficient (Wildman–Crippen LogP) is 3.04. The first-order chi connectivity index (χ1) is 14.2. The molecular weight excluding hydrogens is 428 g/mol. The van der Waals surface area contributed by atoms with Gasteiger partial charge in [0.25, 0.3) is 5.22 Å². The van der Waals surface area contributed by atoms with E-state index < -0.39 is 10.0 Å². The Kier molecular flexibility index (Phi) is 6.53. The van der Waals surface area contributed by atoms with Crippen molar-refractivity contribution in [1.29, 1.82) is 0 Å². The second-order valence-electron chi connectivity index (χ2n) is 6.30. The van der Waals surface area contributed by atoms with E-state index in [4.69, 9.17) is 4.42 Å². The lowest BCUT2D eigenvalue weighted by Gasteiger charge is -2.04. The van der Waals surface area contributed by atoms with Crippen LogP contribution in [0, 0.1) is 0 Å². The molecule has 0 aliphatic carbocycles. The third kappa shape index (κ3) is 6.16. The lowest BCUT2D eigenvalue weighted by Crippen LogP contribution is -2.09. The van der Waals surface area contributed by atoms with Crippen LogP contribution in [0.4, 0.5) is 11.4 Å². The standard InChI is InChI=1S/C19H18N4O5S2/c1-12(24)20-15-7-3-13(4-8-15)17(25)11-29-19-22-21-18(28-19)14-5-9-16(10-6-14)23-30(2,26)27/h3-10,23H,11H2,1-2H3,(H,20,24). The van der Waals surface area contributed by atoms with Gasteiger partial charge < -0.3 is 9.73 Å². The molecule has 11 heteroatoms. The van der Waals surface area contributed by atoms with Crippen LogP contribution in [-0.4, -0.2) is 42.3 Å². The predicted molar refractivity (Wildman–Crippen MR) is 114 cm³/mol. The maximum Gasteiger partial charge on any atom is 0.277 e. The Morgan fingerprint density at radius 3 is 2.23 bits per heavy atom. The summed E-state index contributed by atoms with van der Waals surface area (Å²) >= 11 is 1.11. The summed E-state index contributed by atoms with van der Waals surface area (Å²) in [6.07, 6.45) is 1.07. The van der Waals surface area contributed by atoms with E-state index >= 15 is 0 Å². The second-order valence-corrected chi connectivity index (χ2v) is 8.97. The second kappa shape index (κ2) is 9.09. The summed E-state index contributed by atoms with van der Waals surface area (Å²) in [6, 6.07) is 13.1. The number of amides is 1. The van der Waals surface area contributed by atoms with Gasteiger partial charge in [-0.05, 0) is 48.5 Å². The van der Waals surface area contributed by atoms with E-state index in [9.17, 15) is 18.0 Å². The maximum atomic E-state index is 12.3. The van der Waals surface area contributed by atoms with Crippen molar-refractivity contribution in [3.05, 3.63) is 54.1 Å². The Bertz CT molecular complexity index is 1160. The molecule has 1 amide bonds. The number of rotatable bonds is 8. The number of hydrogen-bond acceptors (Lipinski definition) is 8. The fraction of sp³-hybridized carbons (Fsp3) is 0.158. The third-order valence-corrected chi connectivity index (χ3v) is 5.12. The maximum absolute atomic E-state index is 12.3. The van der Waals surface area contributed by atoms with Gasteiger partial charge in [-0.2, -0.15) is 0 Å². The van der Waals surface area contributed by atoms with Crippen LogP contribution in [0.25, 0.3) is 11.5 Å². The molecule has 0 aliphatic heterocycles. The van der Waals surface area contributed by atoms with Crippen LogP contribution in [0.5, 0.6) is 0 Å².